The molecule has 0 spiro atoms. The average Bonchev–Trinajstić information content (AvgIpc) is 2.12. The zero-order chi connectivity index (χ0) is 10.9. The summed E-state index contributed by atoms with van der Waals surface area (Å²) in [5.74, 6) is -3.92. The summed E-state index contributed by atoms with van der Waals surface area (Å²) < 4.78 is 25.7. The van der Waals surface area contributed by atoms with Crippen molar-refractivity contribution in [2.75, 3.05) is 0 Å². The standard InChI is InChI=1S/C9H6F2O3/c1-4-7(9(13)14)5(3-12)2-6(10)8(4)11/h2-3H,1H3,(H,13,14). The van der Waals surface area contributed by atoms with Crippen LogP contribution in [0.1, 0.15) is 26.3 Å². The first-order valence-electron chi connectivity index (χ1n) is 3.66. The number of carboxylic acid groups (broad SMARTS) is 1. The van der Waals surface area contributed by atoms with Gasteiger partial charge in [-0.2, -0.15) is 0 Å². The lowest BCUT2D eigenvalue weighted by Gasteiger charge is -2.05. The van der Waals surface area contributed by atoms with Crippen molar-refractivity contribution in [1.82, 2.24) is 0 Å². The molecule has 0 aromatic heterocycles. The topological polar surface area (TPSA) is 54.4 Å². The molecule has 0 fully saturated rings. The van der Waals surface area contributed by atoms with Crippen LogP contribution in [0.25, 0.3) is 0 Å². The Morgan fingerprint density at radius 2 is 2.07 bits per heavy atom. The molecule has 0 aliphatic carbocycles. The lowest BCUT2D eigenvalue weighted by atomic mass is 10.0. The highest BCUT2D eigenvalue weighted by atomic mass is 19.2. The van der Waals surface area contributed by atoms with Crippen LogP contribution in [-0.2, 0) is 0 Å². The average molecular weight is 200 g/mol. The Morgan fingerprint density at radius 1 is 1.50 bits per heavy atom. The van der Waals surface area contributed by atoms with Gasteiger partial charge in [-0.05, 0) is 13.0 Å². The van der Waals surface area contributed by atoms with Crippen LogP contribution in [0.2, 0.25) is 0 Å². The molecule has 0 aliphatic rings. The first-order valence-corrected chi connectivity index (χ1v) is 3.66. The normalized spacial score (nSPS) is 9.93. The minimum atomic E-state index is -1.46. The van der Waals surface area contributed by atoms with Crippen molar-refractivity contribution in [2.24, 2.45) is 0 Å². The zero-order valence-corrected chi connectivity index (χ0v) is 7.17. The third-order valence-electron chi connectivity index (χ3n) is 1.83. The molecule has 1 aromatic carbocycles. The number of aromatic carboxylic acids is 1. The van der Waals surface area contributed by atoms with E-state index in [1.165, 1.54) is 0 Å². The van der Waals surface area contributed by atoms with E-state index in [0.717, 1.165) is 6.92 Å². The van der Waals surface area contributed by atoms with E-state index in [1.807, 2.05) is 0 Å². The second kappa shape index (κ2) is 3.53. The highest BCUT2D eigenvalue weighted by Gasteiger charge is 2.19. The van der Waals surface area contributed by atoms with Gasteiger partial charge in [0.25, 0.3) is 0 Å². The fraction of sp³-hybridized carbons (Fsp3) is 0.111. The molecule has 0 atom stereocenters. The molecule has 0 saturated heterocycles. The van der Waals surface area contributed by atoms with E-state index in [9.17, 15) is 18.4 Å². The molecule has 0 unspecified atom stereocenters. The second-order valence-electron chi connectivity index (χ2n) is 2.68. The molecule has 0 heterocycles. The Morgan fingerprint density at radius 3 is 2.50 bits per heavy atom. The van der Waals surface area contributed by atoms with Gasteiger partial charge in [0, 0.05) is 11.1 Å². The van der Waals surface area contributed by atoms with Crippen molar-refractivity contribution < 1.29 is 23.5 Å². The molecule has 1 N–H and O–H groups in total. The maximum Gasteiger partial charge on any atom is 0.336 e. The molecule has 0 bridgehead atoms. The molecule has 0 aliphatic heterocycles. The van der Waals surface area contributed by atoms with Crippen LogP contribution in [0, 0.1) is 18.6 Å². The Bertz CT molecular complexity index is 413. The third kappa shape index (κ3) is 1.48. The van der Waals surface area contributed by atoms with Gasteiger partial charge >= 0.3 is 5.97 Å². The van der Waals surface area contributed by atoms with Gasteiger partial charge in [-0.3, -0.25) is 4.79 Å². The number of hydrogen-bond acceptors (Lipinski definition) is 2. The number of halogens is 2. The summed E-state index contributed by atoms with van der Waals surface area (Å²) >= 11 is 0. The Labute approximate surface area is 78.0 Å². The van der Waals surface area contributed by atoms with Gasteiger partial charge in [0.15, 0.2) is 17.9 Å². The first kappa shape index (κ1) is 10.3. The summed E-state index contributed by atoms with van der Waals surface area (Å²) in [5, 5.41) is 8.64. The molecule has 1 aromatic rings. The fourth-order valence-corrected chi connectivity index (χ4v) is 1.15. The van der Waals surface area contributed by atoms with Crippen LogP contribution in [0.15, 0.2) is 6.07 Å². The van der Waals surface area contributed by atoms with E-state index >= 15 is 0 Å². The van der Waals surface area contributed by atoms with Gasteiger partial charge in [-0.1, -0.05) is 0 Å². The van der Waals surface area contributed by atoms with E-state index in [4.69, 9.17) is 5.11 Å². The first-order chi connectivity index (χ1) is 6.49. The third-order valence-corrected chi connectivity index (χ3v) is 1.83. The second-order valence-corrected chi connectivity index (χ2v) is 2.68. The highest BCUT2D eigenvalue weighted by Crippen LogP contribution is 2.19. The maximum atomic E-state index is 12.9. The van der Waals surface area contributed by atoms with Gasteiger partial charge in [-0.15, -0.1) is 0 Å². The predicted octanol–water partition coefficient (Wildman–Crippen LogP) is 1.78. The summed E-state index contributed by atoms with van der Waals surface area (Å²) in [6, 6.07) is 0.568. The van der Waals surface area contributed by atoms with Crippen molar-refractivity contribution in [3.8, 4) is 0 Å². The molecule has 0 radical (unpaired) electrons. The van der Waals surface area contributed by atoms with E-state index < -0.39 is 23.2 Å². The maximum absolute atomic E-state index is 12.9. The number of aldehydes is 1. The minimum Gasteiger partial charge on any atom is -0.478 e. The molecule has 0 amide bonds. The molecule has 0 saturated carbocycles. The molecule has 1 rings (SSSR count). The van der Waals surface area contributed by atoms with Crippen LogP contribution in [0.5, 0.6) is 0 Å². The van der Waals surface area contributed by atoms with Gasteiger partial charge < -0.3 is 5.11 Å². The summed E-state index contributed by atoms with van der Waals surface area (Å²) in [6.45, 7) is 1.11. The van der Waals surface area contributed by atoms with Crippen molar-refractivity contribution in [3.05, 3.63) is 34.4 Å². The van der Waals surface area contributed by atoms with Crippen molar-refractivity contribution in [3.63, 3.8) is 0 Å². The summed E-state index contributed by atoms with van der Waals surface area (Å²) in [5.41, 5.74) is -1.24. The minimum absolute atomic E-state index is 0.180. The van der Waals surface area contributed by atoms with Crippen LogP contribution >= 0.6 is 0 Å². The van der Waals surface area contributed by atoms with Crippen LogP contribution in [-0.4, -0.2) is 17.4 Å². The van der Waals surface area contributed by atoms with E-state index in [1.54, 1.807) is 0 Å². The smallest absolute Gasteiger partial charge is 0.336 e. The summed E-state index contributed by atoms with van der Waals surface area (Å²) in [6.07, 6.45) is 0.180. The van der Waals surface area contributed by atoms with Crippen molar-refractivity contribution >= 4 is 12.3 Å². The number of benzene rings is 1. The van der Waals surface area contributed by atoms with Gasteiger partial charge in [0.1, 0.15) is 0 Å². The summed E-state index contributed by atoms with van der Waals surface area (Å²) in [7, 11) is 0. The van der Waals surface area contributed by atoms with Crippen LogP contribution in [0.3, 0.4) is 0 Å². The molecular formula is C9H6F2O3. The van der Waals surface area contributed by atoms with Gasteiger partial charge in [0.05, 0.1) is 5.56 Å². The van der Waals surface area contributed by atoms with Crippen molar-refractivity contribution in [1.29, 1.82) is 0 Å². The highest BCUT2D eigenvalue weighted by molar-refractivity contribution is 5.98. The quantitative estimate of drug-likeness (QED) is 0.740. The Hall–Kier alpha value is -1.78. The van der Waals surface area contributed by atoms with Crippen LogP contribution < -0.4 is 0 Å². The molecule has 3 nitrogen and oxygen atoms in total. The number of hydrogen-bond donors (Lipinski definition) is 1. The SMILES string of the molecule is Cc1c(F)c(F)cc(C=O)c1C(=O)O. The molecular weight excluding hydrogens is 194 g/mol. The Balaban J connectivity index is 3.61. The predicted molar refractivity (Wildman–Crippen MR) is 43.4 cm³/mol. The largest absolute Gasteiger partial charge is 0.478 e. The monoisotopic (exact) mass is 200 g/mol. The molecule has 14 heavy (non-hydrogen) atoms. The van der Waals surface area contributed by atoms with Gasteiger partial charge in [0.2, 0.25) is 0 Å². The van der Waals surface area contributed by atoms with Gasteiger partial charge in [-0.25, -0.2) is 13.6 Å². The summed E-state index contributed by atoms with van der Waals surface area (Å²) in [4.78, 5) is 21.0. The van der Waals surface area contributed by atoms with E-state index in [0.29, 0.717) is 6.07 Å². The molecule has 74 valence electrons. The zero-order valence-electron chi connectivity index (χ0n) is 7.17. The Kier molecular flexibility index (Phi) is 2.60. The number of carbonyl (C=O) groups excluding carboxylic acids is 1. The lowest BCUT2D eigenvalue weighted by molar-refractivity contribution is 0.0692. The lowest BCUT2D eigenvalue weighted by Crippen LogP contribution is -2.08. The van der Waals surface area contributed by atoms with Crippen LogP contribution in [0.4, 0.5) is 8.78 Å². The van der Waals surface area contributed by atoms with Crippen molar-refractivity contribution in [2.45, 2.75) is 6.92 Å². The van der Waals surface area contributed by atoms with E-state index in [2.05, 4.69) is 0 Å². The fourth-order valence-electron chi connectivity index (χ4n) is 1.15. The molecule has 5 heteroatoms. The number of carbonyl (C=O) groups is 2. The number of rotatable bonds is 2. The van der Waals surface area contributed by atoms with E-state index in [-0.39, 0.29) is 17.4 Å². The number of carboxylic acids is 1.